The van der Waals surface area contributed by atoms with Crippen LogP contribution >= 0.6 is 12.2 Å². The number of aryl methyl sites for hydroxylation is 1. The maximum absolute atomic E-state index is 5.45. The molecular formula is C11H13N3S. The van der Waals surface area contributed by atoms with Crippen LogP contribution in [0.4, 0.5) is 0 Å². The molecule has 0 fully saturated rings. The number of para-hydroxylation sites is 2. The topological polar surface area (TPSA) is 43.8 Å². The molecule has 2 aromatic rings. The third kappa shape index (κ3) is 2.33. The number of rotatable bonds is 4. The van der Waals surface area contributed by atoms with Crippen LogP contribution in [0.25, 0.3) is 11.0 Å². The molecule has 0 saturated carbocycles. The molecule has 0 spiro atoms. The summed E-state index contributed by atoms with van der Waals surface area (Å²) in [7, 11) is 0. The molecule has 2 rings (SSSR count). The van der Waals surface area contributed by atoms with Crippen molar-refractivity contribution in [3.8, 4) is 0 Å². The number of aromatic nitrogens is 2. The van der Waals surface area contributed by atoms with Crippen molar-refractivity contribution in [2.45, 2.75) is 19.4 Å². The van der Waals surface area contributed by atoms with Gasteiger partial charge < -0.3 is 10.3 Å². The van der Waals surface area contributed by atoms with Gasteiger partial charge in [-0.25, -0.2) is 4.98 Å². The van der Waals surface area contributed by atoms with E-state index in [9.17, 15) is 0 Å². The SMILES string of the molecule is NC(=S)CCCn1cnc2ccccc21. The maximum Gasteiger partial charge on any atom is 0.0958 e. The Kier molecular flexibility index (Phi) is 2.97. The number of imidazole rings is 1. The van der Waals surface area contributed by atoms with Crippen LogP contribution in [0.15, 0.2) is 30.6 Å². The standard InChI is InChI=1S/C11H13N3S/c12-11(15)6-3-7-14-8-13-9-4-1-2-5-10(9)14/h1-2,4-5,8H,3,6-7H2,(H2,12,15). The van der Waals surface area contributed by atoms with Crippen molar-refractivity contribution < 1.29 is 0 Å². The van der Waals surface area contributed by atoms with Crippen molar-refractivity contribution in [2.75, 3.05) is 0 Å². The summed E-state index contributed by atoms with van der Waals surface area (Å²) in [6.07, 6.45) is 3.63. The summed E-state index contributed by atoms with van der Waals surface area (Å²) in [5.41, 5.74) is 7.65. The average Bonchev–Trinajstić information content (AvgIpc) is 2.62. The van der Waals surface area contributed by atoms with Gasteiger partial charge in [-0.3, -0.25) is 0 Å². The number of thiocarbonyl (C=S) groups is 1. The first kappa shape index (κ1) is 10.1. The molecule has 78 valence electrons. The zero-order chi connectivity index (χ0) is 10.7. The van der Waals surface area contributed by atoms with Crippen molar-refractivity contribution in [2.24, 2.45) is 5.73 Å². The molecule has 0 aliphatic carbocycles. The summed E-state index contributed by atoms with van der Waals surface area (Å²) >= 11 is 4.84. The molecule has 1 aromatic carbocycles. The summed E-state index contributed by atoms with van der Waals surface area (Å²) in [6, 6.07) is 8.10. The maximum atomic E-state index is 5.45. The van der Waals surface area contributed by atoms with Gasteiger partial charge in [0.1, 0.15) is 0 Å². The number of fused-ring (bicyclic) bond motifs is 1. The summed E-state index contributed by atoms with van der Waals surface area (Å²) in [5, 5.41) is 0. The predicted octanol–water partition coefficient (Wildman–Crippen LogP) is 2.10. The van der Waals surface area contributed by atoms with Gasteiger partial charge in [-0.2, -0.15) is 0 Å². The highest BCUT2D eigenvalue weighted by atomic mass is 32.1. The van der Waals surface area contributed by atoms with Crippen molar-refractivity contribution in [1.29, 1.82) is 0 Å². The molecule has 0 bridgehead atoms. The van der Waals surface area contributed by atoms with Crippen LogP contribution in [0.2, 0.25) is 0 Å². The Labute approximate surface area is 93.9 Å². The molecule has 2 N–H and O–H groups in total. The highest BCUT2D eigenvalue weighted by Gasteiger charge is 2.00. The third-order valence-electron chi connectivity index (χ3n) is 2.35. The Morgan fingerprint density at radius 1 is 1.40 bits per heavy atom. The lowest BCUT2D eigenvalue weighted by molar-refractivity contribution is 0.676. The Morgan fingerprint density at radius 2 is 2.20 bits per heavy atom. The van der Waals surface area contributed by atoms with Gasteiger partial charge in [-0.15, -0.1) is 0 Å². The van der Waals surface area contributed by atoms with Crippen LogP contribution in [0, 0.1) is 0 Å². The molecule has 0 unspecified atom stereocenters. The zero-order valence-electron chi connectivity index (χ0n) is 8.39. The first-order valence-corrected chi connectivity index (χ1v) is 5.36. The molecule has 0 radical (unpaired) electrons. The molecule has 0 saturated heterocycles. The number of hydrogen-bond donors (Lipinski definition) is 1. The molecule has 1 heterocycles. The van der Waals surface area contributed by atoms with Gasteiger partial charge in [-0.1, -0.05) is 24.4 Å². The summed E-state index contributed by atoms with van der Waals surface area (Å²) in [6.45, 7) is 0.915. The summed E-state index contributed by atoms with van der Waals surface area (Å²) < 4.78 is 2.13. The minimum Gasteiger partial charge on any atom is -0.393 e. The van der Waals surface area contributed by atoms with Crippen molar-refractivity contribution >= 4 is 28.2 Å². The monoisotopic (exact) mass is 219 g/mol. The first-order chi connectivity index (χ1) is 7.27. The summed E-state index contributed by atoms with van der Waals surface area (Å²) in [5.74, 6) is 0. The van der Waals surface area contributed by atoms with Crippen LogP contribution < -0.4 is 5.73 Å². The van der Waals surface area contributed by atoms with E-state index in [0.717, 1.165) is 24.9 Å². The van der Waals surface area contributed by atoms with E-state index >= 15 is 0 Å². The number of benzene rings is 1. The van der Waals surface area contributed by atoms with E-state index in [4.69, 9.17) is 18.0 Å². The Balaban J connectivity index is 2.11. The number of hydrogen-bond acceptors (Lipinski definition) is 2. The fourth-order valence-electron chi connectivity index (χ4n) is 1.61. The molecule has 0 amide bonds. The largest absolute Gasteiger partial charge is 0.393 e. The van der Waals surface area contributed by atoms with Crippen LogP contribution in [0.5, 0.6) is 0 Å². The van der Waals surface area contributed by atoms with Crippen molar-refractivity contribution in [3.05, 3.63) is 30.6 Å². The van der Waals surface area contributed by atoms with Gasteiger partial charge in [0.15, 0.2) is 0 Å². The molecule has 0 aliphatic heterocycles. The van der Waals surface area contributed by atoms with Crippen molar-refractivity contribution in [1.82, 2.24) is 9.55 Å². The van der Waals surface area contributed by atoms with E-state index in [1.165, 1.54) is 5.52 Å². The lowest BCUT2D eigenvalue weighted by Crippen LogP contribution is -2.08. The van der Waals surface area contributed by atoms with E-state index in [-0.39, 0.29) is 0 Å². The quantitative estimate of drug-likeness (QED) is 0.801. The van der Waals surface area contributed by atoms with Crippen LogP contribution in [0.3, 0.4) is 0 Å². The van der Waals surface area contributed by atoms with E-state index < -0.39 is 0 Å². The lowest BCUT2D eigenvalue weighted by atomic mass is 10.3. The highest BCUT2D eigenvalue weighted by Crippen LogP contribution is 2.12. The normalized spacial score (nSPS) is 10.7. The molecule has 0 atom stereocenters. The Hall–Kier alpha value is -1.42. The third-order valence-corrected chi connectivity index (χ3v) is 2.55. The molecular weight excluding hydrogens is 206 g/mol. The molecule has 1 aromatic heterocycles. The van der Waals surface area contributed by atoms with Crippen molar-refractivity contribution in [3.63, 3.8) is 0 Å². The second-order valence-corrected chi connectivity index (χ2v) is 4.02. The number of nitrogens with two attached hydrogens (primary N) is 1. The smallest absolute Gasteiger partial charge is 0.0958 e. The van der Waals surface area contributed by atoms with Gasteiger partial charge in [0.2, 0.25) is 0 Å². The highest BCUT2D eigenvalue weighted by molar-refractivity contribution is 7.80. The second kappa shape index (κ2) is 4.40. The molecule has 3 nitrogen and oxygen atoms in total. The van der Waals surface area contributed by atoms with Crippen LogP contribution in [-0.2, 0) is 6.54 Å². The van der Waals surface area contributed by atoms with Crippen LogP contribution in [-0.4, -0.2) is 14.5 Å². The van der Waals surface area contributed by atoms with E-state index in [0.29, 0.717) is 4.99 Å². The van der Waals surface area contributed by atoms with E-state index in [1.54, 1.807) is 0 Å². The Morgan fingerprint density at radius 3 is 3.00 bits per heavy atom. The van der Waals surface area contributed by atoms with E-state index in [1.807, 2.05) is 24.5 Å². The average molecular weight is 219 g/mol. The van der Waals surface area contributed by atoms with Gasteiger partial charge >= 0.3 is 0 Å². The minimum absolute atomic E-state index is 0.583. The predicted molar refractivity (Wildman–Crippen MR) is 65.8 cm³/mol. The zero-order valence-corrected chi connectivity index (χ0v) is 9.20. The first-order valence-electron chi connectivity index (χ1n) is 4.95. The lowest BCUT2D eigenvalue weighted by Gasteiger charge is -2.02. The Bertz CT molecular complexity index is 475. The van der Waals surface area contributed by atoms with E-state index in [2.05, 4.69) is 15.6 Å². The van der Waals surface area contributed by atoms with Gasteiger partial charge in [-0.05, 0) is 25.0 Å². The fourth-order valence-corrected chi connectivity index (χ4v) is 1.76. The second-order valence-electron chi connectivity index (χ2n) is 3.50. The summed E-state index contributed by atoms with van der Waals surface area (Å²) in [4.78, 5) is 4.90. The van der Waals surface area contributed by atoms with Crippen LogP contribution in [0.1, 0.15) is 12.8 Å². The fraction of sp³-hybridized carbons (Fsp3) is 0.273. The minimum atomic E-state index is 0.583. The number of nitrogens with zero attached hydrogens (tertiary/aromatic N) is 2. The van der Waals surface area contributed by atoms with Gasteiger partial charge in [0, 0.05) is 6.54 Å². The molecule has 4 heteroatoms. The van der Waals surface area contributed by atoms with Gasteiger partial charge in [0.25, 0.3) is 0 Å². The van der Waals surface area contributed by atoms with Gasteiger partial charge in [0.05, 0.1) is 22.3 Å². The molecule has 0 aliphatic rings. The molecule has 15 heavy (non-hydrogen) atoms.